The van der Waals surface area contributed by atoms with E-state index in [1.54, 1.807) is 0 Å². The number of likely N-dealkylation sites (tertiary alicyclic amines) is 1. The molecule has 3 rings (SSSR count). The Morgan fingerprint density at radius 2 is 1.93 bits per heavy atom. The molecule has 148 valence electrons. The highest BCUT2D eigenvalue weighted by Gasteiger charge is 2.28. The molecule has 8 heteroatoms. The number of piperidine rings is 2. The van der Waals surface area contributed by atoms with Gasteiger partial charge in [-0.05, 0) is 49.4 Å². The van der Waals surface area contributed by atoms with Crippen molar-refractivity contribution >= 4 is 21.9 Å². The zero-order valence-electron chi connectivity index (χ0n) is 15.5. The molecule has 2 saturated heterocycles. The molecule has 2 heterocycles. The summed E-state index contributed by atoms with van der Waals surface area (Å²) in [6, 6.07) is 8.01. The van der Waals surface area contributed by atoms with E-state index >= 15 is 0 Å². The minimum atomic E-state index is -3.38. The van der Waals surface area contributed by atoms with Crippen LogP contribution in [0.25, 0.3) is 0 Å². The number of carbonyl (C=O) groups is 2. The normalized spacial score (nSPS) is 22.6. The monoisotopic (exact) mass is 394 g/mol. The van der Waals surface area contributed by atoms with Gasteiger partial charge in [-0.2, -0.15) is 8.42 Å². The van der Waals surface area contributed by atoms with Crippen LogP contribution in [-0.4, -0.2) is 51.1 Å². The van der Waals surface area contributed by atoms with Gasteiger partial charge in [0.1, 0.15) is 0 Å². The Kier molecular flexibility index (Phi) is 6.29. The Balaban J connectivity index is 1.53. The highest BCUT2D eigenvalue weighted by atomic mass is 32.2. The van der Waals surface area contributed by atoms with Gasteiger partial charge >= 0.3 is 0 Å². The molecular formula is C19H26N2O5S. The first-order chi connectivity index (χ1) is 12.8. The third kappa shape index (κ3) is 5.85. The highest BCUT2D eigenvalue weighted by Crippen LogP contribution is 2.26. The number of benzene rings is 1. The van der Waals surface area contributed by atoms with Gasteiger partial charge < -0.3 is 0 Å². The van der Waals surface area contributed by atoms with E-state index in [1.165, 1.54) is 0 Å². The topological polar surface area (TPSA) is 92.8 Å². The summed E-state index contributed by atoms with van der Waals surface area (Å²) in [6.07, 6.45) is 3.83. The molecule has 2 fully saturated rings. The lowest BCUT2D eigenvalue weighted by molar-refractivity contribution is -0.134. The van der Waals surface area contributed by atoms with E-state index in [2.05, 4.69) is 16.3 Å². The first-order valence-corrected chi connectivity index (χ1v) is 11.1. The van der Waals surface area contributed by atoms with Crippen LogP contribution in [0.5, 0.6) is 0 Å². The van der Waals surface area contributed by atoms with Gasteiger partial charge in [0.05, 0.1) is 18.8 Å². The molecule has 27 heavy (non-hydrogen) atoms. The van der Waals surface area contributed by atoms with Gasteiger partial charge in [0, 0.05) is 13.0 Å². The van der Waals surface area contributed by atoms with Crippen LogP contribution in [0.2, 0.25) is 0 Å². The summed E-state index contributed by atoms with van der Waals surface area (Å²) in [4.78, 5) is 25.7. The van der Waals surface area contributed by atoms with E-state index < -0.39 is 10.1 Å². The molecule has 0 spiro atoms. The summed E-state index contributed by atoms with van der Waals surface area (Å²) in [5.41, 5.74) is 2.09. The van der Waals surface area contributed by atoms with E-state index in [1.807, 2.05) is 18.2 Å². The maximum absolute atomic E-state index is 12.1. The molecule has 2 aliphatic heterocycles. The zero-order chi connectivity index (χ0) is 19.4. The molecular weight excluding hydrogens is 368 g/mol. The Bertz CT molecular complexity index is 800. The minimum Gasteiger partial charge on any atom is -0.299 e. The minimum absolute atomic E-state index is 0.199. The fourth-order valence-corrected chi connectivity index (χ4v) is 4.15. The summed E-state index contributed by atoms with van der Waals surface area (Å²) in [5.74, 6) is -0.405. The number of carbonyl (C=O) groups excluding carboxylic acids is 2. The van der Waals surface area contributed by atoms with Crippen LogP contribution in [0, 0.1) is 5.92 Å². The molecule has 0 aromatic heterocycles. The summed E-state index contributed by atoms with van der Waals surface area (Å²) in [7, 11) is -3.38. The lowest BCUT2D eigenvalue weighted by Gasteiger charge is -2.31. The van der Waals surface area contributed by atoms with Crippen LogP contribution in [-0.2, 0) is 30.4 Å². The lowest BCUT2D eigenvalue weighted by atomic mass is 9.89. The first kappa shape index (κ1) is 20.0. The van der Waals surface area contributed by atoms with E-state index in [0.29, 0.717) is 12.8 Å². The molecule has 1 atom stereocenters. The van der Waals surface area contributed by atoms with Crippen molar-refractivity contribution in [3.63, 3.8) is 0 Å². The number of hydrogen-bond acceptors (Lipinski definition) is 6. The van der Waals surface area contributed by atoms with Gasteiger partial charge in [0.25, 0.3) is 10.1 Å². The molecule has 2 aliphatic rings. The molecule has 7 nitrogen and oxygen atoms in total. The van der Waals surface area contributed by atoms with Gasteiger partial charge in [0.2, 0.25) is 11.8 Å². The first-order valence-electron chi connectivity index (χ1n) is 9.29. The van der Waals surface area contributed by atoms with Crippen molar-refractivity contribution in [2.75, 3.05) is 26.0 Å². The molecule has 1 N–H and O–H groups in total. The second kappa shape index (κ2) is 8.50. The van der Waals surface area contributed by atoms with Crippen LogP contribution in [0.4, 0.5) is 0 Å². The average Bonchev–Trinajstić information content (AvgIpc) is 2.61. The van der Waals surface area contributed by atoms with E-state index in [-0.39, 0.29) is 30.3 Å². The summed E-state index contributed by atoms with van der Waals surface area (Å²) in [5, 5.41) is 2.41. The SMILES string of the molecule is CS(=O)(=O)OCC1CCN(Cc2cccc(C3CCC(=O)NC3=O)c2)CC1. The van der Waals surface area contributed by atoms with Crippen LogP contribution in [0.1, 0.15) is 42.7 Å². The predicted octanol–water partition coefficient (Wildman–Crippen LogP) is 1.39. The van der Waals surface area contributed by atoms with Gasteiger partial charge in [-0.25, -0.2) is 0 Å². The van der Waals surface area contributed by atoms with Crippen molar-refractivity contribution in [1.82, 2.24) is 10.2 Å². The lowest BCUT2D eigenvalue weighted by Crippen LogP contribution is -2.39. The summed E-state index contributed by atoms with van der Waals surface area (Å²) < 4.78 is 27.1. The fraction of sp³-hybridized carbons (Fsp3) is 0.579. The maximum atomic E-state index is 12.1. The number of rotatable bonds is 6. The molecule has 2 amide bonds. The van der Waals surface area contributed by atoms with Crippen LogP contribution in [0.15, 0.2) is 24.3 Å². The van der Waals surface area contributed by atoms with Crippen molar-refractivity contribution in [2.45, 2.75) is 38.1 Å². The number of imide groups is 1. The largest absolute Gasteiger partial charge is 0.299 e. The third-order valence-corrected chi connectivity index (χ3v) is 5.79. The van der Waals surface area contributed by atoms with Crippen LogP contribution >= 0.6 is 0 Å². The van der Waals surface area contributed by atoms with Gasteiger partial charge in [0.15, 0.2) is 0 Å². The fourth-order valence-electron chi connectivity index (χ4n) is 3.71. The standard InChI is InChI=1S/C19H26N2O5S/c1-27(24,25)26-13-14-7-9-21(10-8-14)12-15-3-2-4-16(11-15)17-5-6-18(22)20-19(17)23/h2-4,11,14,17H,5-10,12-13H2,1H3,(H,20,22,23). The molecule has 1 unspecified atom stereocenters. The van der Waals surface area contributed by atoms with Crippen molar-refractivity contribution in [3.05, 3.63) is 35.4 Å². The molecule has 1 aromatic carbocycles. The average molecular weight is 394 g/mol. The Hall–Kier alpha value is -1.77. The maximum Gasteiger partial charge on any atom is 0.264 e. The van der Waals surface area contributed by atoms with Gasteiger partial charge in [-0.1, -0.05) is 24.3 Å². The van der Waals surface area contributed by atoms with Crippen LogP contribution < -0.4 is 5.32 Å². The van der Waals surface area contributed by atoms with Crippen LogP contribution in [0.3, 0.4) is 0 Å². The number of nitrogens with zero attached hydrogens (tertiary/aromatic N) is 1. The Morgan fingerprint density at radius 1 is 1.19 bits per heavy atom. The number of nitrogens with one attached hydrogen (secondary N) is 1. The van der Waals surface area contributed by atoms with Crippen molar-refractivity contribution in [3.8, 4) is 0 Å². The zero-order valence-corrected chi connectivity index (χ0v) is 16.3. The summed E-state index contributed by atoms with van der Waals surface area (Å²) >= 11 is 0. The second-order valence-electron chi connectivity index (χ2n) is 7.46. The highest BCUT2D eigenvalue weighted by molar-refractivity contribution is 7.85. The van der Waals surface area contributed by atoms with E-state index in [4.69, 9.17) is 4.18 Å². The van der Waals surface area contributed by atoms with Gasteiger partial charge in [-0.3, -0.25) is 24.0 Å². The quantitative estimate of drug-likeness (QED) is 0.579. The van der Waals surface area contributed by atoms with Crippen molar-refractivity contribution in [2.24, 2.45) is 5.92 Å². The summed E-state index contributed by atoms with van der Waals surface area (Å²) in [6.45, 7) is 2.83. The number of amides is 2. The van der Waals surface area contributed by atoms with Crippen molar-refractivity contribution in [1.29, 1.82) is 0 Å². The Labute approximate surface area is 160 Å². The third-order valence-electron chi connectivity index (χ3n) is 5.22. The Morgan fingerprint density at radius 3 is 2.59 bits per heavy atom. The van der Waals surface area contributed by atoms with E-state index in [9.17, 15) is 18.0 Å². The van der Waals surface area contributed by atoms with Crippen molar-refractivity contribution < 1.29 is 22.2 Å². The number of hydrogen-bond donors (Lipinski definition) is 1. The molecule has 0 bridgehead atoms. The van der Waals surface area contributed by atoms with E-state index in [0.717, 1.165) is 49.9 Å². The smallest absolute Gasteiger partial charge is 0.264 e. The molecule has 1 aromatic rings. The molecule has 0 aliphatic carbocycles. The van der Waals surface area contributed by atoms with Gasteiger partial charge in [-0.15, -0.1) is 0 Å². The second-order valence-corrected chi connectivity index (χ2v) is 9.10. The molecule has 0 saturated carbocycles. The molecule has 0 radical (unpaired) electrons. The predicted molar refractivity (Wildman–Crippen MR) is 100 cm³/mol.